The molecule has 2 N–H and O–H groups in total. The highest BCUT2D eigenvalue weighted by Gasteiger charge is 2.57. The molecule has 0 aromatic heterocycles. The number of hydrogen-bond donors (Lipinski definition) is 2. The maximum absolute atomic E-state index is 11.8. The first kappa shape index (κ1) is 15.3. The maximum Gasteiger partial charge on any atom is 0.155 e. The molecule has 0 aromatic rings. The molecule has 0 spiro atoms. The van der Waals surface area contributed by atoms with Crippen LogP contribution in [-0.4, -0.2) is 16.0 Å². The molecular formula is C20H28O3. The summed E-state index contributed by atoms with van der Waals surface area (Å²) < 4.78 is 0. The summed E-state index contributed by atoms with van der Waals surface area (Å²) in [5.74, 6) is 2.49. The van der Waals surface area contributed by atoms with E-state index in [2.05, 4.69) is 13.8 Å². The lowest BCUT2D eigenvalue weighted by molar-refractivity contribution is -0.117. The third-order valence-electron chi connectivity index (χ3n) is 7.86. The first-order valence-corrected chi connectivity index (χ1v) is 9.22. The van der Waals surface area contributed by atoms with Gasteiger partial charge in [-0.15, -0.1) is 0 Å². The highest BCUT2D eigenvalue weighted by molar-refractivity contribution is 5.91. The van der Waals surface area contributed by atoms with Crippen molar-refractivity contribution in [3.63, 3.8) is 0 Å². The molecule has 2 saturated carbocycles. The van der Waals surface area contributed by atoms with Crippen molar-refractivity contribution in [3.8, 4) is 0 Å². The van der Waals surface area contributed by atoms with Gasteiger partial charge in [-0.1, -0.05) is 19.4 Å². The van der Waals surface area contributed by atoms with E-state index >= 15 is 0 Å². The lowest BCUT2D eigenvalue weighted by atomic mass is 9.45. The fourth-order valence-electron chi connectivity index (χ4n) is 6.45. The third kappa shape index (κ3) is 1.98. The van der Waals surface area contributed by atoms with Crippen LogP contribution in [0.5, 0.6) is 0 Å². The summed E-state index contributed by atoms with van der Waals surface area (Å²) >= 11 is 0. The van der Waals surface area contributed by atoms with Crippen molar-refractivity contribution < 1.29 is 15.0 Å². The lowest BCUT2D eigenvalue weighted by Gasteiger charge is -2.59. The summed E-state index contributed by atoms with van der Waals surface area (Å²) in [5.41, 5.74) is 1.32. The summed E-state index contributed by atoms with van der Waals surface area (Å²) in [4.78, 5) is 11.8. The molecule has 126 valence electrons. The Bertz CT molecular complexity index is 616. The number of fused-ring (bicyclic) bond motifs is 5. The van der Waals surface area contributed by atoms with Gasteiger partial charge >= 0.3 is 0 Å². The van der Waals surface area contributed by atoms with Gasteiger partial charge in [0.2, 0.25) is 0 Å². The van der Waals surface area contributed by atoms with Gasteiger partial charge in [-0.05, 0) is 67.8 Å². The van der Waals surface area contributed by atoms with E-state index in [4.69, 9.17) is 0 Å². The van der Waals surface area contributed by atoms with Gasteiger partial charge in [0.05, 0.1) is 0 Å². The van der Waals surface area contributed by atoms with Gasteiger partial charge in [0, 0.05) is 18.3 Å². The Hall–Kier alpha value is -1.25. The summed E-state index contributed by atoms with van der Waals surface area (Å²) in [6.07, 6.45) is 9.45. The van der Waals surface area contributed by atoms with E-state index in [1.807, 2.05) is 6.08 Å². The molecule has 3 heteroatoms. The molecule has 2 fully saturated rings. The minimum Gasteiger partial charge on any atom is -0.509 e. The van der Waals surface area contributed by atoms with Gasteiger partial charge in [-0.25, -0.2) is 0 Å². The normalized spacial score (nSPS) is 46.6. The molecule has 4 rings (SSSR count). The minimum atomic E-state index is -0.244. The predicted molar refractivity (Wildman–Crippen MR) is 89.0 cm³/mol. The standard InChI is InChI=1S/C20H28O3/c1-19-9-7-13(21)11-12(19)3-4-14-15-5-6-17(22)18(23)20(15,2)10-8-16(14)19/h11,14-16,22-23H,3-10H2,1-2H3/t14-,15-,16-,19-,20-/m0/s1. The minimum absolute atomic E-state index is 0.178. The van der Waals surface area contributed by atoms with Crippen LogP contribution in [0.1, 0.15) is 65.2 Å². The van der Waals surface area contributed by atoms with Crippen LogP contribution < -0.4 is 0 Å². The molecular weight excluding hydrogens is 288 g/mol. The fraction of sp³-hybridized carbons (Fsp3) is 0.750. The zero-order chi connectivity index (χ0) is 16.4. The van der Waals surface area contributed by atoms with E-state index in [-0.39, 0.29) is 22.3 Å². The Kier molecular flexibility index (Phi) is 3.24. The van der Waals surface area contributed by atoms with Crippen molar-refractivity contribution in [2.45, 2.75) is 65.2 Å². The van der Waals surface area contributed by atoms with Gasteiger partial charge < -0.3 is 10.2 Å². The quantitative estimate of drug-likeness (QED) is 0.672. The Morgan fingerprint density at radius 2 is 1.70 bits per heavy atom. The highest BCUT2D eigenvalue weighted by atomic mass is 16.3. The number of carbonyl (C=O) groups is 1. The molecule has 4 aliphatic rings. The molecule has 0 bridgehead atoms. The van der Waals surface area contributed by atoms with Crippen molar-refractivity contribution in [1.29, 1.82) is 0 Å². The molecule has 0 amide bonds. The molecule has 0 saturated heterocycles. The van der Waals surface area contributed by atoms with Crippen LogP contribution in [0.15, 0.2) is 23.2 Å². The van der Waals surface area contributed by atoms with Gasteiger partial charge in [0.1, 0.15) is 11.5 Å². The van der Waals surface area contributed by atoms with Gasteiger partial charge in [-0.2, -0.15) is 0 Å². The highest BCUT2D eigenvalue weighted by Crippen LogP contribution is 2.64. The Morgan fingerprint density at radius 1 is 0.957 bits per heavy atom. The van der Waals surface area contributed by atoms with Crippen LogP contribution in [0.3, 0.4) is 0 Å². The second-order valence-electron chi connectivity index (χ2n) is 8.76. The number of ketones is 1. The van der Waals surface area contributed by atoms with E-state index in [9.17, 15) is 15.0 Å². The zero-order valence-corrected chi connectivity index (χ0v) is 14.3. The monoisotopic (exact) mass is 316 g/mol. The molecule has 5 atom stereocenters. The van der Waals surface area contributed by atoms with Crippen molar-refractivity contribution >= 4 is 5.78 Å². The van der Waals surface area contributed by atoms with Crippen LogP contribution in [0.2, 0.25) is 0 Å². The Balaban J connectivity index is 1.71. The van der Waals surface area contributed by atoms with E-state index in [0.29, 0.717) is 36.4 Å². The van der Waals surface area contributed by atoms with E-state index < -0.39 is 0 Å². The van der Waals surface area contributed by atoms with Crippen molar-refractivity contribution in [1.82, 2.24) is 0 Å². The first-order chi connectivity index (χ1) is 10.9. The maximum atomic E-state index is 11.8. The molecule has 3 nitrogen and oxygen atoms in total. The molecule has 0 aliphatic heterocycles. The smallest absolute Gasteiger partial charge is 0.155 e. The predicted octanol–water partition coefficient (Wildman–Crippen LogP) is 4.85. The van der Waals surface area contributed by atoms with Crippen LogP contribution in [0, 0.1) is 28.6 Å². The molecule has 0 aromatic carbocycles. The van der Waals surface area contributed by atoms with Gasteiger partial charge in [0.15, 0.2) is 5.78 Å². The summed E-state index contributed by atoms with van der Waals surface area (Å²) in [5, 5.41) is 20.6. The largest absolute Gasteiger partial charge is 0.509 e. The number of carbonyl (C=O) groups excluding carboxylic acids is 1. The topological polar surface area (TPSA) is 57.5 Å². The van der Waals surface area contributed by atoms with Crippen molar-refractivity contribution in [3.05, 3.63) is 23.2 Å². The van der Waals surface area contributed by atoms with Crippen LogP contribution in [-0.2, 0) is 4.79 Å². The molecule has 4 aliphatic carbocycles. The van der Waals surface area contributed by atoms with Crippen molar-refractivity contribution in [2.24, 2.45) is 28.6 Å². The Labute approximate surface area is 138 Å². The van der Waals surface area contributed by atoms with Crippen molar-refractivity contribution in [2.75, 3.05) is 0 Å². The second-order valence-corrected chi connectivity index (χ2v) is 8.76. The third-order valence-corrected chi connectivity index (χ3v) is 7.86. The lowest BCUT2D eigenvalue weighted by Crippen LogP contribution is -2.52. The summed E-state index contributed by atoms with van der Waals surface area (Å²) in [6, 6.07) is 0. The second kappa shape index (κ2) is 4.87. The molecule has 0 radical (unpaired) electrons. The van der Waals surface area contributed by atoms with Crippen LogP contribution in [0.25, 0.3) is 0 Å². The SMILES string of the molecule is C[C@]12CCC(=O)C=C1CC[C@@H]1[C@@H]2CC[C@]2(C)C(O)=C(O)CC[C@@H]12. The number of allylic oxidation sites excluding steroid dienone is 4. The average Bonchev–Trinajstić information content (AvgIpc) is 2.52. The van der Waals surface area contributed by atoms with Crippen LogP contribution >= 0.6 is 0 Å². The van der Waals surface area contributed by atoms with E-state index in [0.717, 1.165) is 38.5 Å². The molecule has 0 heterocycles. The molecule has 23 heavy (non-hydrogen) atoms. The van der Waals surface area contributed by atoms with Gasteiger partial charge in [0.25, 0.3) is 0 Å². The summed E-state index contributed by atoms with van der Waals surface area (Å²) in [7, 11) is 0. The molecule has 0 unspecified atom stereocenters. The summed E-state index contributed by atoms with van der Waals surface area (Å²) in [6.45, 7) is 4.53. The van der Waals surface area contributed by atoms with E-state index in [1.54, 1.807) is 0 Å². The average molecular weight is 316 g/mol. The first-order valence-electron chi connectivity index (χ1n) is 9.22. The number of rotatable bonds is 0. The Morgan fingerprint density at radius 3 is 2.48 bits per heavy atom. The number of hydrogen-bond acceptors (Lipinski definition) is 3. The van der Waals surface area contributed by atoms with E-state index in [1.165, 1.54) is 5.57 Å². The van der Waals surface area contributed by atoms with Crippen LogP contribution in [0.4, 0.5) is 0 Å². The fourth-order valence-corrected chi connectivity index (χ4v) is 6.45. The zero-order valence-electron chi connectivity index (χ0n) is 14.3. The number of aliphatic hydroxyl groups is 2. The van der Waals surface area contributed by atoms with Gasteiger partial charge in [-0.3, -0.25) is 4.79 Å². The number of aliphatic hydroxyl groups excluding tert-OH is 2.